The third kappa shape index (κ3) is 4.95. The van der Waals surface area contributed by atoms with Gasteiger partial charge in [-0.3, -0.25) is 9.59 Å². The second-order valence-corrected chi connectivity index (χ2v) is 8.33. The maximum atomic E-state index is 12.8. The van der Waals surface area contributed by atoms with E-state index in [4.69, 9.17) is 0 Å². The van der Waals surface area contributed by atoms with E-state index in [2.05, 4.69) is 27.2 Å². The molecule has 0 spiro atoms. The van der Waals surface area contributed by atoms with Gasteiger partial charge in [-0.2, -0.15) is 10.1 Å². The topological polar surface area (TPSA) is 83.7 Å². The van der Waals surface area contributed by atoms with Crippen molar-refractivity contribution in [1.82, 2.24) is 29.4 Å². The van der Waals surface area contributed by atoms with Crippen molar-refractivity contribution in [3.05, 3.63) is 59.2 Å². The van der Waals surface area contributed by atoms with E-state index >= 15 is 0 Å². The molecule has 0 N–H and O–H groups in total. The smallest absolute Gasteiger partial charge is 0.252 e. The summed E-state index contributed by atoms with van der Waals surface area (Å²) >= 11 is 0. The molecule has 0 aliphatic carbocycles. The van der Waals surface area contributed by atoms with E-state index < -0.39 is 0 Å². The van der Waals surface area contributed by atoms with Crippen LogP contribution in [0.15, 0.2) is 36.7 Å². The summed E-state index contributed by atoms with van der Waals surface area (Å²) in [7, 11) is 0. The Kier molecular flexibility index (Phi) is 6.78. The molecule has 8 nitrogen and oxygen atoms in total. The minimum absolute atomic E-state index is 0.124. The Balaban J connectivity index is 1.23. The van der Waals surface area contributed by atoms with Crippen molar-refractivity contribution in [2.45, 2.75) is 46.0 Å². The van der Waals surface area contributed by atoms with Crippen LogP contribution >= 0.6 is 0 Å². The van der Waals surface area contributed by atoms with Gasteiger partial charge in [-0.1, -0.05) is 30.3 Å². The third-order valence-electron chi connectivity index (χ3n) is 6.26. The van der Waals surface area contributed by atoms with Crippen LogP contribution in [0.5, 0.6) is 0 Å². The highest BCUT2D eigenvalue weighted by Gasteiger charge is 2.24. The number of piperazine rings is 1. The number of hydrogen-bond donors (Lipinski definition) is 0. The lowest BCUT2D eigenvalue weighted by atomic mass is 10.1. The molecule has 1 aliphatic rings. The first-order valence-corrected chi connectivity index (χ1v) is 11.3. The van der Waals surface area contributed by atoms with Crippen molar-refractivity contribution >= 4 is 17.6 Å². The van der Waals surface area contributed by atoms with Gasteiger partial charge < -0.3 is 9.80 Å². The molecule has 2 aromatic heterocycles. The van der Waals surface area contributed by atoms with Crippen LogP contribution in [0.1, 0.15) is 41.8 Å². The van der Waals surface area contributed by atoms with Crippen LogP contribution in [-0.2, 0) is 22.4 Å². The van der Waals surface area contributed by atoms with E-state index in [-0.39, 0.29) is 11.8 Å². The molecule has 8 heteroatoms. The zero-order valence-corrected chi connectivity index (χ0v) is 18.8. The van der Waals surface area contributed by atoms with Crippen molar-refractivity contribution in [2.75, 3.05) is 26.2 Å². The van der Waals surface area contributed by atoms with Gasteiger partial charge in [-0.15, -0.1) is 0 Å². The molecule has 0 unspecified atom stereocenters. The number of carbonyl (C=O) groups is 2. The minimum Gasteiger partial charge on any atom is -0.339 e. The number of hydrogen-bond acceptors (Lipinski definition) is 5. The zero-order chi connectivity index (χ0) is 22.5. The monoisotopic (exact) mass is 434 g/mol. The van der Waals surface area contributed by atoms with Crippen molar-refractivity contribution in [2.24, 2.45) is 0 Å². The van der Waals surface area contributed by atoms with E-state index in [1.54, 1.807) is 4.52 Å². The van der Waals surface area contributed by atoms with Crippen molar-refractivity contribution in [3.8, 4) is 0 Å². The number of aryl methyl sites for hydroxylation is 3. The number of nitrogens with zero attached hydrogens (tertiary/aromatic N) is 6. The highest BCUT2D eigenvalue weighted by molar-refractivity contribution is 5.78. The Bertz CT molecular complexity index is 1090. The standard InChI is InChI=1S/C24H30N6O2/c1-18-21(19(2)30-24(27-18)25-17-26-30)11-12-23(32)29-15-13-28(14-16-29)22(31)10-6-9-20-7-4-3-5-8-20/h3-5,7-8,17H,6,9-16H2,1-2H3. The average molecular weight is 435 g/mol. The maximum Gasteiger partial charge on any atom is 0.252 e. The molecule has 1 saturated heterocycles. The summed E-state index contributed by atoms with van der Waals surface area (Å²) < 4.78 is 1.72. The highest BCUT2D eigenvalue weighted by atomic mass is 16.2. The summed E-state index contributed by atoms with van der Waals surface area (Å²) in [4.78, 5) is 37.7. The molecule has 1 fully saturated rings. The maximum absolute atomic E-state index is 12.8. The minimum atomic E-state index is 0.124. The Hall–Kier alpha value is -3.29. The number of amides is 2. The van der Waals surface area contributed by atoms with Crippen molar-refractivity contribution < 1.29 is 9.59 Å². The SMILES string of the molecule is Cc1nc2ncnn2c(C)c1CCC(=O)N1CCN(C(=O)CCCc2ccccc2)CC1. The van der Waals surface area contributed by atoms with Gasteiger partial charge in [0, 0.05) is 50.4 Å². The van der Waals surface area contributed by atoms with E-state index in [1.165, 1.54) is 11.9 Å². The predicted molar refractivity (Wildman–Crippen MR) is 121 cm³/mol. The fraction of sp³-hybridized carbons (Fsp3) is 0.458. The van der Waals surface area contributed by atoms with Gasteiger partial charge in [0.1, 0.15) is 6.33 Å². The molecule has 4 rings (SSSR count). The van der Waals surface area contributed by atoms with Gasteiger partial charge in [-0.25, -0.2) is 9.50 Å². The first kappa shape index (κ1) is 21.9. The number of fused-ring (bicyclic) bond motifs is 1. The fourth-order valence-corrected chi connectivity index (χ4v) is 4.36. The van der Waals surface area contributed by atoms with Gasteiger partial charge in [0.05, 0.1) is 0 Å². The molecule has 168 valence electrons. The summed E-state index contributed by atoms with van der Waals surface area (Å²) in [5.74, 6) is 0.893. The van der Waals surface area contributed by atoms with E-state index in [0.717, 1.165) is 29.8 Å². The fourth-order valence-electron chi connectivity index (χ4n) is 4.36. The van der Waals surface area contributed by atoms with Crippen LogP contribution in [0.25, 0.3) is 5.78 Å². The molecule has 2 amide bonds. The Morgan fingerprint density at radius 1 is 0.906 bits per heavy atom. The lowest BCUT2D eigenvalue weighted by molar-refractivity contribution is -0.139. The van der Waals surface area contributed by atoms with Crippen LogP contribution in [-0.4, -0.2) is 67.4 Å². The normalized spacial score (nSPS) is 14.2. The predicted octanol–water partition coefficient (Wildman–Crippen LogP) is 2.37. The number of carbonyl (C=O) groups excluding carboxylic acids is 2. The molecule has 3 heterocycles. The second kappa shape index (κ2) is 9.89. The summed E-state index contributed by atoms with van der Waals surface area (Å²) in [5, 5.41) is 4.21. The van der Waals surface area contributed by atoms with Gasteiger partial charge in [0.25, 0.3) is 5.78 Å². The van der Waals surface area contributed by atoms with Gasteiger partial charge in [0.15, 0.2) is 0 Å². The molecule has 0 saturated carbocycles. The number of aromatic nitrogens is 4. The molecule has 1 aliphatic heterocycles. The Labute approximate surface area is 188 Å². The van der Waals surface area contributed by atoms with Crippen LogP contribution in [0.4, 0.5) is 0 Å². The Morgan fingerprint density at radius 2 is 1.56 bits per heavy atom. The summed E-state index contributed by atoms with van der Waals surface area (Å²) in [6.45, 7) is 6.35. The van der Waals surface area contributed by atoms with Gasteiger partial charge in [0.2, 0.25) is 11.8 Å². The van der Waals surface area contributed by atoms with Crippen molar-refractivity contribution in [3.63, 3.8) is 0 Å². The average Bonchev–Trinajstić information content (AvgIpc) is 3.28. The lowest BCUT2D eigenvalue weighted by Crippen LogP contribution is -2.50. The zero-order valence-electron chi connectivity index (χ0n) is 18.8. The number of benzene rings is 1. The first-order chi connectivity index (χ1) is 15.5. The van der Waals surface area contributed by atoms with Gasteiger partial charge in [-0.05, 0) is 44.2 Å². The largest absolute Gasteiger partial charge is 0.339 e. The highest BCUT2D eigenvalue weighted by Crippen LogP contribution is 2.16. The molecule has 32 heavy (non-hydrogen) atoms. The van der Waals surface area contributed by atoms with Crippen LogP contribution in [0, 0.1) is 13.8 Å². The first-order valence-electron chi connectivity index (χ1n) is 11.3. The molecule has 0 radical (unpaired) electrons. The molecule has 0 atom stereocenters. The summed E-state index contributed by atoms with van der Waals surface area (Å²) in [5.41, 5.74) is 4.17. The molecular formula is C24H30N6O2. The van der Waals surface area contributed by atoms with Crippen molar-refractivity contribution in [1.29, 1.82) is 0 Å². The quantitative estimate of drug-likeness (QED) is 0.570. The molecule has 1 aromatic carbocycles. The second-order valence-electron chi connectivity index (χ2n) is 8.33. The van der Waals surface area contributed by atoms with Gasteiger partial charge >= 0.3 is 0 Å². The molecule has 0 bridgehead atoms. The van der Waals surface area contributed by atoms with E-state index in [0.29, 0.717) is 51.2 Å². The third-order valence-corrected chi connectivity index (χ3v) is 6.26. The van der Waals surface area contributed by atoms with Crippen LogP contribution in [0.3, 0.4) is 0 Å². The number of rotatable bonds is 7. The molecule has 3 aromatic rings. The van der Waals surface area contributed by atoms with Crippen LogP contribution in [0.2, 0.25) is 0 Å². The van der Waals surface area contributed by atoms with E-state index in [9.17, 15) is 9.59 Å². The lowest BCUT2D eigenvalue weighted by Gasteiger charge is -2.35. The van der Waals surface area contributed by atoms with E-state index in [1.807, 2.05) is 41.8 Å². The summed E-state index contributed by atoms with van der Waals surface area (Å²) in [6, 6.07) is 10.2. The molecular weight excluding hydrogens is 404 g/mol. The summed E-state index contributed by atoms with van der Waals surface area (Å²) in [6.07, 6.45) is 4.86. The van der Waals surface area contributed by atoms with Crippen LogP contribution < -0.4 is 0 Å². The Morgan fingerprint density at radius 3 is 2.25 bits per heavy atom.